The van der Waals surface area contributed by atoms with Crippen LogP contribution in [0.15, 0.2) is 59.5 Å². The van der Waals surface area contributed by atoms with E-state index in [0.29, 0.717) is 17.2 Å². The number of anilines is 1. The third kappa shape index (κ3) is 4.43. The van der Waals surface area contributed by atoms with Crippen LogP contribution in [0.4, 0.5) is 5.69 Å². The molecule has 1 saturated carbocycles. The van der Waals surface area contributed by atoms with E-state index < -0.39 is 10.0 Å². The van der Waals surface area contributed by atoms with Crippen LogP contribution < -0.4 is 10.0 Å². The van der Waals surface area contributed by atoms with Crippen LogP contribution in [0.3, 0.4) is 0 Å². The molecule has 0 saturated heterocycles. The maximum absolute atomic E-state index is 12.4. The molecule has 138 valence electrons. The Kier molecular flexibility index (Phi) is 5.61. The number of benzene rings is 2. The molecular formula is C20H24N2O3S. The van der Waals surface area contributed by atoms with Crippen LogP contribution in [0, 0.1) is 5.92 Å². The summed E-state index contributed by atoms with van der Waals surface area (Å²) >= 11 is 0. The highest BCUT2D eigenvalue weighted by atomic mass is 32.2. The highest BCUT2D eigenvalue weighted by Gasteiger charge is 2.23. The molecule has 0 spiro atoms. The molecule has 0 aliphatic heterocycles. The number of amides is 1. The first-order valence-corrected chi connectivity index (χ1v) is 10.4. The Morgan fingerprint density at radius 2 is 1.62 bits per heavy atom. The SMILES string of the molecule is C[C@@H]1CCCC[C@@H]1NC(=O)c1ccc(NS(=O)(=O)c2ccccc2)cc1. The number of carbonyl (C=O) groups excluding carboxylic acids is 1. The minimum atomic E-state index is -3.63. The first-order valence-electron chi connectivity index (χ1n) is 8.94. The van der Waals surface area contributed by atoms with Crippen LogP contribution in [-0.4, -0.2) is 20.4 Å². The Morgan fingerprint density at radius 3 is 2.27 bits per heavy atom. The topological polar surface area (TPSA) is 75.3 Å². The summed E-state index contributed by atoms with van der Waals surface area (Å²) in [4.78, 5) is 12.6. The first kappa shape index (κ1) is 18.5. The molecule has 26 heavy (non-hydrogen) atoms. The minimum Gasteiger partial charge on any atom is -0.349 e. The van der Waals surface area contributed by atoms with E-state index in [1.54, 1.807) is 42.5 Å². The largest absolute Gasteiger partial charge is 0.349 e. The van der Waals surface area contributed by atoms with Crippen LogP contribution in [0.2, 0.25) is 0 Å². The van der Waals surface area contributed by atoms with E-state index in [1.165, 1.54) is 18.6 Å². The highest BCUT2D eigenvalue weighted by molar-refractivity contribution is 7.92. The molecule has 5 nitrogen and oxygen atoms in total. The number of hydrogen-bond donors (Lipinski definition) is 2. The molecule has 2 N–H and O–H groups in total. The van der Waals surface area contributed by atoms with Crippen molar-refractivity contribution in [2.45, 2.75) is 43.5 Å². The molecule has 2 aromatic rings. The lowest BCUT2D eigenvalue weighted by molar-refractivity contribution is 0.0910. The summed E-state index contributed by atoms with van der Waals surface area (Å²) in [7, 11) is -3.63. The van der Waals surface area contributed by atoms with E-state index in [2.05, 4.69) is 17.0 Å². The number of sulfonamides is 1. The van der Waals surface area contributed by atoms with E-state index in [9.17, 15) is 13.2 Å². The van der Waals surface area contributed by atoms with Gasteiger partial charge < -0.3 is 5.32 Å². The van der Waals surface area contributed by atoms with E-state index in [0.717, 1.165) is 19.3 Å². The lowest BCUT2D eigenvalue weighted by Gasteiger charge is -2.29. The zero-order valence-electron chi connectivity index (χ0n) is 14.8. The van der Waals surface area contributed by atoms with Gasteiger partial charge in [0.25, 0.3) is 15.9 Å². The van der Waals surface area contributed by atoms with Crippen LogP contribution in [0.1, 0.15) is 43.0 Å². The summed E-state index contributed by atoms with van der Waals surface area (Å²) in [5.74, 6) is 0.380. The Labute approximate surface area is 154 Å². The number of hydrogen-bond acceptors (Lipinski definition) is 3. The monoisotopic (exact) mass is 372 g/mol. The fourth-order valence-electron chi connectivity index (χ4n) is 3.29. The smallest absolute Gasteiger partial charge is 0.261 e. The maximum Gasteiger partial charge on any atom is 0.261 e. The van der Waals surface area contributed by atoms with Gasteiger partial charge in [-0.1, -0.05) is 38.0 Å². The van der Waals surface area contributed by atoms with Crippen molar-refractivity contribution < 1.29 is 13.2 Å². The molecule has 3 rings (SSSR count). The number of nitrogens with one attached hydrogen (secondary N) is 2. The third-order valence-corrected chi connectivity index (χ3v) is 6.28. The minimum absolute atomic E-state index is 0.110. The molecule has 0 bridgehead atoms. The van der Waals surface area contributed by atoms with Gasteiger partial charge in [0.05, 0.1) is 4.90 Å². The molecule has 1 amide bonds. The van der Waals surface area contributed by atoms with Crippen molar-refractivity contribution in [3.63, 3.8) is 0 Å². The molecule has 1 aliphatic rings. The predicted octanol–water partition coefficient (Wildman–Crippen LogP) is 3.80. The van der Waals surface area contributed by atoms with Crippen LogP contribution in [0.5, 0.6) is 0 Å². The van der Waals surface area contributed by atoms with Gasteiger partial charge in [-0.2, -0.15) is 0 Å². The van der Waals surface area contributed by atoms with Crippen molar-refractivity contribution in [3.8, 4) is 0 Å². The molecule has 1 aliphatic carbocycles. The third-order valence-electron chi connectivity index (χ3n) is 4.88. The summed E-state index contributed by atoms with van der Waals surface area (Å²) in [6, 6.07) is 14.9. The lowest BCUT2D eigenvalue weighted by Crippen LogP contribution is -2.41. The quantitative estimate of drug-likeness (QED) is 0.838. The van der Waals surface area contributed by atoms with Crippen LogP contribution in [0.25, 0.3) is 0 Å². The summed E-state index contributed by atoms with van der Waals surface area (Å²) in [5, 5.41) is 3.10. The van der Waals surface area contributed by atoms with E-state index >= 15 is 0 Å². The van der Waals surface area contributed by atoms with Crippen molar-refractivity contribution in [1.82, 2.24) is 5.32 Å². The van der Waals surface area contributed by atoms with Crippen LogP contribution >= 0.6 is 0 Å². The van der Waals surface area contributed by atoms with Gasteiger partial charge in [-0.3, -0.25) is 9.52 Å². The van der Waals surface area contributed by atoms with Crippen molar-refractivity contribution in [2.75, 3.05) is 4.72 Å². The summed E-state index contributed by atoms with van der Waals surface area (Å²) < 4.78 is 27.2. The summed E-state index contributed by atoms with van der Waals surface area (Å²) in [6.45, 7) is 2.17. The van der Waals surface area contributed by atoms with Crippen molar-refractivity contribution in [3.05, 3.63) is 60.2 Å². The molecule has 1 fully saturated rings. The van der Waals surface area contributed by atoms with Gasteiger partial charge in [0.2, 0.25) is 0 Å². The zero-order valence-corrected chi connectivity index (χ0v) is 15.6. The van der Waals surface area contributed by atoms with Crippen molar-refractivity contribution in [2.24, 2.45) is 5.92 Å². The van der Waals surface area contributed by atoms with Gasteiger partial charge in [-0.05, 0) is 55.2 Å². The average molecular weight is 372 g/mol. The average Bonchev–Trinajstić information content (AvgIpc) is 2.64. The van der Waals surface area contributed by atoms with Crippen LogP contribution in [-0.2, 0) is 10.0 Å². The van der Waals surface area contributed by atoms with Gasteiger partial charge in [0, 0.05) is 17.3 Å². The van der Waals surface area contributed by atoms with E-state index in [4.69, 9.17) is 0 Å². The maximum atomic E-state index is 12.4. The second kappa shape index (κ2) is 7.91. The summed E-state index contributed by atoms with van der Waals surface area (Å²) in [6.07, 6.45) is 4.53. The predicted molar refractivity (Wildman–Crippen MR) is 103 cm³/mol. The molecule has 0 heterocycles. The second-order valence-corrected chi connectivity index (χ2v) is 8.52. The molecule has 0 unspecified atom stereocenters. The fourth-order valence-corrected chi connectivity index (χ4v) is 4.37. The normalized spacial score (nSPS) is 20.3. The van der Waals surface area contributed by atoms with Crippen molar-refractivity contribution in [1.29, 1.82) is 0 Å². The van der Waals surface area contributed by atoms with Gasteiger partial charge in [-0.15, -0.1) is 0 Å². The summed E-state index contributed by atoms with van der Waals surface area (Å²) in [5.41, 5.74) is 0.960. The fraction of sp³-hybridized carbons (Fsp3) is 0.350. The number of rotatable bonds is 5. The Balaban J connectivity index is 1.65. The molecular weight excluding hydrogens is 348 g/mol. The standard InChI is InChI=1S/C20H24N2O3S/c1-15-7-5-6-10-19(15)21-20(23)16-11-13-17(14-12-16)22-26(24,25)18-8-3-2-4-9-18/h2-4,8-9,11-15,19,22H,5-7,10H2,1H3,(H,21,23)/t15-,19+/m1/s1. The molecule has 0 aromatic heterocycles. The van der Waals surface area contributed by atoms with Crippen molar-refractivity contribution >= 4 is 21.6 Å². The van der Waals surface area contributed by atoms with E-state index in [1.807, 2.05) is 0 Å². The van der Waals surface area contributed by atoms with Gasteiger partial charge in [0.15, 0.2) is 0 Å². The number of carbonyl (C=O) groups is 1. The Morgan fingerprint density at radius 1 is 0.962 bits per heavy atom. The molecule has 2 atom stereocenters. The molecule has 6 heteroatoms. The Bertz CT molecular complexity index is 848. The van der Waals surface area contributed by atoms with Gasteiger partial charge in [0.1, 0.15) is 0 Å². The zero-order chi connectivity index (χ0) is 18.6. The second-order valence-electron chi connectivity index (χ2n) is 6.84. The lowest BCUT2D eigenvalue weighted by atomic mass is 9.86. The molecule has 0 radical (unpaired) electrons. The highest BCUT2D eigenvalue weighted by Crippen LogP contribution is 2.24. The molecule has 2 aromatic carbocycles. The first-order chi connectivity index (χ1) is 12.5. The van der Waals surface area contributed by atoms with Gasteiger partial charge in [-0.25, -0.2) is 8.42 Å². The van der Waals surface area contributed by atoms with E-state index in [-0.39, 0.29) is 16.8 Å². The Hall–Kier alpha value is -2.34. The van der Waals surface area contributed by atoms with Gasteiger partial charge >= 0.3 is 0 Å².